The van der Waals surface area contributed by atoms with Crippen LogP contribution in [0.25, 0.3) is 0 Å². The van der Waals surface area contributed by atoms with Gasteiger partial charge in [0.15, 0.2) is 3.77 Å². The molecule has 0 amide bonds. The Kier molecular flexibility index (Phi) is 5.53. The zero-order chi connectivity index (χ0) is 13.5. The van der Waals surface area contributed by atoms with Gasteiger partial charge in [0.1, 0.15) is 18.1 Å². The van der Waals surface area contributed by atoms with Gasteiger partial charge in [-0.1, -0.05) is 0 Å². The molecule has 0 radical (unpaired) electrons. The molecule has 2 rings (SSSR count). The predicted molar refractivity (Wildman–Crippen MR) is 82.6 cm³/mol. The number of ether oxygens (including phenoxy) is 2. The predicted octanol–water partition coefficient (Wildman–Crippen LogP) is 3.52. The van der Waals surface area contributed by atoms with E-state index < -0.39 is 0 Å². The Morgan fingerprint density at radius 1 is 1.11 bits per heavy atom. The summed E-state index contributed by atoms with van der Waals surface area (Å²) in [5.41, 5.74) is 1.03. The highest BCUT2D eigenvalue weighted by Crippen LogP contribution is 2.17. The van der Waals surface area contributed by atoms with Gasteiger partial charge in [-0.05, 0) is 59.0 Å². The molecule has 0 aliphatic rings. The molecule has 0 saturated heterocycles. The van der Waals surface area contributed by atoms with E-state index in [1.165, 1.54) is 0 Å². The SMILES string of the molecule is COCCOc1ccc(NCc2ccc(I)o2)cc1. The molecule has 0 aliphatic carbocycles. The molecule has 1 aromatic heterocycles. The fourth-order valence-electron chi connectivity index (χ4n) is 1.55. The molecule has 5 heteroatoms. The molecule has 4 nitrogen and oxygen atoms in total. The van der Waals surface area contributed by atoms with Crippen LogP contribution in [0.4, 0.5) is 5.69 Å². The Morgan fingerprint density at radius 2 is 1.89 bits per heavy atom. The van der Waals surface area contributed by atoms with Crippen LogP contribution in [0.15, 0.2) is 40.8 Å². The molecule has 0 saturated carbocycles. The zero-order valence-electron chi connectivity index (χ0n) is 10.7. The van der Waals surface area contributed by atoms with Gasteiger partial charge in [-0.2, -0.15) is 0 Å². The summed E-state index contributed by atoms with van der Waals surface area (Å²) >= 11 is 2.15. The van der Waals surface area contributed by atoms with Gasteiger partial charge >= 0.3 is 0 Å². The lowest BCUT2D eigenvalue weighted by Gasteiger charge is -2.07. The van der Waals surface area contributed by atoms with Crippen molar-refractivity contribution in [3.05, 3.63) is 45.9 Å². The summed E-state index contributed by atoms with van der Waals surface area (Å²) in [5.74, 6) is 1.76. The number of hydrogen-bond donors (Lipinski definition) is 1. The summed E-state index contributed by atoms with van der Waals surface area (Å²) in [6, 6.07) is 11.8. The fraction of sp³-hybridized carbons (Fsp3) is 0.286. The highest BCUT2D eigenvalue weighted by atomic mass is 127. The van der Waals surface area contributed by atoms with Gasteiger partial charge in [-0.15, -0.1) is 0 Å². The zero-order valence-corrected chi connectivity index (χ0v) is 12.8. The number of furan rings is 1. The van der Waals surface area contributed by atoms with Crippen LogP contribution in [0.3, 0.4) is 0 Å². The van der Waals surface area contributed by atoms with Gasteiger partial charge in [-0.25, -0.2) is 0 Å². The van der Waals surface area contributed by atoms with E-state index in [1.807, 2.05) is 36.4 Å². The maximum absolute atomic E-state index is 5.50. The largest absolute Gasteiger partial charge is 0.491 e. The number of anilines is 1. The lowest BCUT2D eigenvalue weighted by atomic mass is 10.3. The van der Waals surface area contributed by atoms with Gasteiger partial charge in [0.2, 0.25) is 0 Å². The smallest absolute Gasteiger partial charge is 0.164 e. The van der Waals surface area contributed by atoms with E-state index in [2.05, 4.69) is 27.9 Å². The molecule has 1 N–H and O–H groups in total. The molecule has 1 heterocycles. The Balaban J connectivity index is 1.81. The Bertz CT molecular complexity index is 496. The monoisotopic (exact) mass is 373 g/mol. The molecule has 0 spiro atoms. The number of nitrogens with one attached hydrogen (secondary N) is 1. The summed E-state index contributed by atoms with van der Waals surface area (Å²) < 4.78 is 16.8. The summed E-state index contributed by atoms with van der Waals surface area (Å²) in [7, 11) is 1.66. The Hall–Kier alpha value is -1.21. The van der Waals surface area contributed by atoms with Crippen molar-refractivity contribution in [1.82, 2.24) is 0 Å². The minimum atomic E-state index is 0.564. The van der Waals surface area contributed by atoms with Crippen molar-refractivity contribution in [2.24, 2.45) is 0 Å². The summed E-state index contributed by atoms with van der Waals surface area (Å²) in [5, 5.41) is 3.29. The Labute approximate surface area is 126 Å². The average Bonchev–Trinajstić information content (AvgIpc) is 2.84. The average molecular weight is 373 g/mol. The molecule has 102 valence electrons. The lowest BCUT2D eigenvalue weighted by Crippen LogP contribution is -2.04. The molecular formula is C14H16INO3. The number of hydrogen-bond acceptors (Lipinski definition) is 4. The van der Waals surface area contributed by atoms with E-state index in [9.17, 15) is 0 Å². The van der Waals surface area contributed by atoms with Crippen molar-refractivity contribution in [1.29, 1.82) is 0 Å². The summed E-state index contributed by atoms with van der Waals surface area (Å²) in [6.07, 6.45) is 0. The number of benzene rings is 1. The molecule has 0 atom stereocenters. The second-order valence-corrected chi connectivity index (χ2v) is 4.99. The first-order valence-corrected chi connectivity index (χ1v) is 7.05. The third-order valence-corrected chi connectivity index (χ3v) is 3.09. The van der Waals surface area contributed by atoms with Gasteiger partial charge in [0.05, 0.1) is 13.2 Å². The van der Waals surface area contributed by atoms with Crippen molar-refractivity contribution >= 4 is 28.3 Å². The molecule has 19 heavy (non-hydrogen) atoms. The first-order chi connectivity index (χ1) is 9.28. The van der Waals surface area contributed by atoms with Crippen molar-refractivity contribution in [2.45, 2.75) is 6.54 Å². The topological polar surface area (TPSA) is 43.6 Å². The molecule has 1 aromatic carbocycles. The van der Waals surface area contributed by atoms with Crippen LogP contribution in [-0.2, 0) is 11.3 Å². The van der Waals surface area contributed by atoms with Crippen LogP contribution in [0.5, 0.6) is 5.75 Å². The van der Waals surface area contributed by atoms with Crippen molar-refractivity contribution in [3.8, 4) is 5.75 Å². The van der Waals surface area contributed by atoms with E-state index in [0.29, 0.717) is 19.8 Å². The van der Waals surface area contributed by atoms with Crippen LogP contribution in [0, 0.1) is 3.77 Å². The number of methoxy groups -OCH3 is 1. The second-order valence-electron chi connectivity index (χ2n) is 3.93. The van der Waals surface area contributed by atoms with Crippen LogP contribution >= 0.6 is 22.6 Å². The standard InChI is InChI=1S/C14H16INO3/c1-17-8-9-18-12-4-2-11(3-5-12)16-10-13-6-7-14(15)19-13/h2-7,16H,8-10H2,1H3. The molecule has 0 bridgehead atoms. The quantitative estimate of drug-likeness (QED) is 0.596. The maximum Gasteiger partial charge on any atom is 0.164 e. The molecule has 0 aliphatic heterocycles. The maximum atomic E-state index is 5.50. The van der Waals surface area contributed by atoms with E-state index in [4.69, 9.17) is 13.9 Å². The van der Waals surface area contributed by atoms with E-state index in [0.717, 1.165) is 21.0 Å². The third-order valence-electron chi connectivity index (χ3n) is 2.51. The highest BCUT2D eigenvalue weighted by Gasteiger charge is 2.00. The molecule has 0 unspecified atom stereocenters. The molecule has 0 fully saturated rings. The molecule has 2 aromatic rings. The lowest BCUT2D eigenvalue weighted by molar-refractivity contribution is 0.146. The summed E-state index contributed by atoms with van der Waals surface area (Å²) in [6.45, 7) is 1.83. The normalized spacial score (nSPS) is 10.4. The van der Waals surface area contributed by atoms with Gasteiger partial charge in [0, 0.05) is 12.8 Å². The van der Waals surface area contributed by atoms with E-state index in [1.54, 1.807) is 7.11 Å². The number of rotatable bonds is 7. The van der Waals surface area contributed by atoms with Crippen LogP contribution < -0.4 is 10.1 Å². The first kappa shape index (κ1) is 14.2. The summed E-state index contributed by atoms with van der Waals surface area (Å²) in [4.78, 5) is 0. The first-order valence-electron chi connectivity index (χ1n) is 5.98. The van der Waals surface area contributed by atoms with Crippen LogP contribution in [0.2, 0.25) is 0 Å². The van der Waals surface area contributed by atoms with E-state index >= 15 is 0 Å². The molecular weight excluding hydrogens is 357 g/mol. The van der Waals surface area contributed by atoms with Gasteiger partial charge in [0.25, 0.3) is 0 Å². The minimum Gasteiger partial charge on any atom is -0.491 e. The third kappa shape index (κ3) is 4.76. The number of halogens is 1. The highest BCUT2D eigenvalue weighted by molar-refractivity contribution is 14.1. The van der Waals surface area contributed by atoms with Crippen molar-refractivity contribution in [2.75, 3.05) is 25.6 Å². The van der Waals surface area contributed by atoms with Crippen molar-refractivity contribution < 1.29 is 13.9 Å². The van der Waals surface area contributed by atoms with Gasteiger partial charge in [-0.3, -0.25) is 0 Å². The van der Waals surface area contributed by atoms with Gasteiger partial charge < -0.3 is 19.2 Å². The second kappa shape index (κ2) is 7.40. The fourth-order valence-corrected chi connectivity index (χ4v) is 2.01. The van der Waals surface area contributed by atoms with E-state index in [-0.39, 0.29) is 0 Å². The van der Waals surface area contributed by atoms with Crippen LogP contribution in [-0.4, -0.2) is 20.3 Å². The van der Waals surface area contributed by atoms with Crippen LogP contribution in [0.1, 0.15) is 5.76 Å². The van der Waals surface area contributed by atoms with Crippen molar-refractivity contribution in [3.63, 3.8) is 0 Å². The minimum absolute atomic E-state index is 0.564. The Morgan fingerprint density at radius 3 is 2.53 bits per heavy atom.